The normalized spacial score (nSPS) is 20.2. The molecule has 150 valence electrons. The van der Waals surface area contributed by atoms with Gasteiger partial charge in [0.1, 0.15) is 0 Å². The molecule has 0 N–H and O–H groups in total. The van der Waals surface area contributed by atoms with Crippen molar-refractivity contribution in [2.24, 2.45) is 5.92 Å². The van der Waals surface area contributed by atoms with Crippen LogP contribution in [0.2, 0.25) is 0 Å². The van der Waals surface area contributed by atoms with E-state index in [1.807, 2.05) is 37.3 Å². The number of carbonyl (C=O) groups excluding carboxylic acids is 2. The van der Waals surface area contributed by atoms with Gasteiger partial charge in [-0.15, -0.1) is 0 Å². The maximum atomic E-state index is 12.1. The van der Waals surface area contributed by atoms with Gasteiger partial charge in [0.05, 0.1) is 38.8 Å². The molecule has 0 aliphatic carbocycles. The summed E-state index contributed by atoms with van der Waals surface area (Å²) in [7, 11) is 0. The van der Waals surface area contributed by atoms with Crippen LogP contribution in [-0.4, -0.2) is 55.8 Å². The summed E-state index contributed by atoms with van der Waals surface area (Å²) >= 11 is 0. The molecule has 1 fully saturated rings. The summed E-state index contributed by atoms with van der Waals surface area (Å²) in [5.41, 5.74) is 1.13. The molecule has 6 nitrogen and oxygen atoms in total. The first-order valence-corrected chi connectivity index (χ1v) is 9.82. The summed E-state index contributed by atoms with van der Waals surface area (Å²) in [6, 6.07) is 10.2. The zero-order valence-corrected chi connectivity index (χ0v) is 16.4. The van der Waals surface area contributed by atoms with E-state index >= 15 is 0 Å². The first-order chi connectivity index (χ1) is 13.1. The van der Waals surface area contributed by atoms with Gasteiger partial charge < -0.3 is 14.2 Å². The molecule has 1 heterocycles. The first kappa shape index (κ1) is 21.4. The molecule has 1 aliphatic rings. The molecule has 0 aromatic heterocycles. The fourth-order valence-electron chi connectivity index (χ4n) is 3.37. The van der Waals surface area contributed by atoms with Crippen LogP contribution in [0.5, 0.6) is 0 Å². The van der Waals surface area contributed by atoms with Crippen molar-refractivity contribution in [3.05, 3.63) is 35.9 Å². The van der Waals surface area contributed by atoms with Gasteiger partial charge in [-0.1, -0.05) is 30.3 Å². The molecule has 0 saturated carbocycles. The van der Waals surface area contributed by atoms with E-state index in [1.54, 1.807) is 6.92 Å². The fraction of sp³-hybridized carbons (Fsp3) is 0.619. The van der Waals surface area contributed by atoms with E-state index in [2.05, 4.69) is 4.90 Å². The summed E-state index contributed by atoms with van der Waals surface area (Å²) in [4.78, 5) is 26.0. The number of likely N-dealkylation sites (tertiary alicyclic amines) is 1. The molecule has 6 heteroatoms. The van der Waals surface area contributed by atoms with Crippen LogP contribution >= 0.6 is 0 Å². The maximum Gasteiger partial charge on any atom is 0.310 e. The summed E-state index contributed by atoms with van der Waals surface area (Å²) in [6.45, 7) is 6.69. The van der Waals surface area contributed by atoms with Crippen molar-refractivity contribution in [3.63, 3.8) is 0 Å². The van der Waals surface area contributed by atoms with Crippen LogP contribution in [-0.2, 0) is 30.4 Å². The minimum atomic E-state index is -0.209. The lowest BCUT2D eigenvalue weighted by Crippen LogP contribution is -2.48. The Labute approximate surface area is 161 Å². The zero-order valence-electron chi connectivity index (χ0n) is 16.4. The Morgan fingerprint density at radius 2 is 1.81 bits per heavy atom. The van der Waals surface area contributed by atoms with Gasteiger partial charge in [-0.05, 0) is 32.3 Å². The maximum absolute atomic E-state index is 12.1. The summed E-state index contributed by atoms with van der Waals surface area (Å²) in [6.07, 6.45) is 1.95. The van der Waals surface area contributed by atoms with Gasteiger partial charge in [0.2, 0.25) is 0 Å². The van der Waals surface area contributed by atoms with Crippen molar-refractivity contribution in [2.45, 2.75) is 45.8 Å². The third-order valence-electron chi connectivity index (χ3n) is 4.77. The Morgan fingerprint density at radius 1 is 1.07 bits per heavy atom. The van der Waals surface area contributed by atoms with E-state index in [0.717, 1.165) is 18.4 Å². The van der Waals surface area contributed by atoms with Crippen LogP contribution in [0.4, 0.5) is 0 Å². The molecule has 27 heavy (non-hydrogen) atoms. The molecule has 1 aliphatic heterocycles. The summed E-state index contributed by atoms with van der Waals surface area (Å²) in [5, 5.41) is 0. The highest BCUT2D eigenvalue weighted by atomic mass is 16.5. The standard InChI is InChI=1S/C21H31NO5/c1-3-26-20(23)12-13-22-14-18(21(24)27-4-2)10-11-19(22)16-25-15-17-8-6-5-7-9-17/h5-9,18-19H,3-4,10-16H2,1-2H3/t18-,19-/m1/s1. The van der Waals surface area contributed by atoms with Gasteiger partial charge in [-0.2, -0.15) is 0 Å². The van der Waals surface area contributed by atoms with E-state index in [-0.39, 0.29) is 23.9 Å². The molecule has 0 bridgehead atoms. The minimum absolute atomic E-state index is 0.141. The number of hydrogen-bond acceptors (Lipinski definition) is 6. The second kappa shape index (κ2) is 11.7. The van der Waals surface area contributed by atoms with Crippen LogP contribution in [0, 0.1) is 5.92 Å². The second-order valence-electron chi connectivity index (χ2n) is 6.73. The van der Waals surface area contributed by atoms with Crippen molar-refractivity contribution in [1.29, 1.82) is 0 Å². The van der Waals surface area contributed by atoms with Crippen molar-refractivity contribution in [3.8, 4) is 0 Å². The zero-order chi connectivity index (χ0) is 19.5. The lowest BCUT2D eigenvalue weighted by molar-refractivity contribution is -0.151. The van der Waals surface area contributed by atoms with E-state index < -0.39 is 0 Å². The monoisotopic (exact) mass is 377 g/mol. The Kier molecular flexibility index (Phi) is 9.28. The van der Waals surface area contributed by atoms with Crippen molar-refractivity contribution < 1.29 is 23.8 Å². The molecular weight excluding hydrogens is 346 g/mol. The highest BCUT2D eigenvalue weighted by molar-refractivity contribution is 5.73. The summed E-state index contributed by atoms with van der Waals surface area (Å²) < 4.78 is 16.1. The molecule has 0 spiro atoms. The first-order valence-electron chi connectivity index (χ1n) is 9.82. The third-order valence-corrected chi connectivity index (χ3v) is 4.77. The van der Waals surface area contributed by atoms with Crippen molar-refractivity contribution >= 4 is 11.9 Å². The Bertz CT molecular complexity index is 577. The third kappa shape index (κ3) is 7.31. The van der Waals surface area contributed by atoms with Gasteiger partial charge in [0.15, 0.2) is 0 Å². The topological polar surface area (TPSA) is 65.1 Å². The molecule has 1 aromatic carbocycles. The number of benzene rings is 1. The van der Waals surface area contributed by atoms with Crippen molar-refractivity contribution in [1.82, 2.24) is 4.90 Å². The molecule has 2 rings (SSSR count). The molecule has 1 aromatic rings. The SMILES string of the molecule is CCOC(=O)CCN1C[C@H](C(=O)OCC)CC[C@@H]1COCc1ccccc1. The number of ether oxygens (including phenoxy) is 3. The Balaban J connectivity index is 1.89. The van der Waals surface area contributed by atoms with Crippen LogP contribution in [0.15, 0.2) is 30.3 Å². The fourth-order valence-corrected chi connectivity index (χ4v) is 3.37. The van der Waals surface area contributed by atoms with E-state index in [0.29, 0.717) is 45.9 Å². The predicted molar refractivity (Wildman–Crippen MR) is 102 cm³/mol. The molecule has 0 amide bonds. The number of piperidine rings is 1. The van der Waals surface area contributed by atoms with Crippen LogP contribution < -0.4 is 0 Å². The molecule has 0 radical (unpaired) electrons. The predicted octanol–water partition coefficient (Wildman–Crippen LogP) is 2.80. The van der Waals surface area contributed by atoms with E-state index in [9.17, 15) is 9.59 Å². The molecule has 1 saturated heterocycles. The van der Waals surface area contributed by atoms with Gasteiger partial charge >= 0.3 is 11.9 Å². The highest BCUT2D eigenvalue weighted by Gasteiger charge is 2.33. The Morgan fingerprint density at radius 3 is 2.52 bits per heavy atom. The van der Waals surface area contributed by atoms with E-state index in [4.69, 9.17) is 14.2 Å². The number of carbonyl (C=O) groups is 2. The average Bonchev–Trinajstić information content (AvgIpc) is 2.68. The second-order valence-corrected chi connectivity index (χ2v) is 6.73. The minimum Gasteiger partial charge on any atom is -0.466 e. The molecule has 0 unspecified atom stereocenters. The highest BCUT2D eigenvalue weighted by Crippen LogP contribution is 2.24. The molecule has 2 atom stereocenters. The summed E-state index contributed by atoms with van der Waals surface area (Å²) in [5.74, 6) is -0.500. The van der Waals surface area contributed by atoms with E-state index in [1.165, 1.54) is 0 Å². The van der Waals surface area contributed by atoms with Crippen LogP contribution in [0.1, 0.15) is 38.7 Å². The van der Waals surface area contributed by atoms with Gasteiger partial charge in [0, 0.05) is 19.1 Å². The number of hydrogen-bond donors (Lipinski definition) is 0. The lowest BCUT2D eigenvalue weighted by atomic mass is 9.92. The molecular formula is C21H31NO5. The average molecular weight is 377 g/mol. The smallest absolute Gasteiger partial charge is 0.310 e. The van der Waals surface area contributed by atoms with Crippen LogP contribution in [0.3, 0.4) is 0 Å². The lowest BCUT2D eigenvalue weighted by Gasteiger charge is -2.38. The van der Waals surface area contributed by atoms with Crippen LogP contribution in [0.25, 0.3) is 0 Å². The number of esters is 2. The van der Waals surface area contributed by atoms with Gasteiger partial charge in [0.25, 0.3) is 0 Å². The quantitative estimate of drug-likeness (QED) is 0.584. The number of nitrogens with zero attached hydrogens (tertiary/aromatic N) is 1. The van der Waals surface area contributed by atoms with Gasteiger partial charge in [-0.3, -0.25) is 14.5 Å². The largest absolute Gasteiger partial charge is 0.466 e. The number of rotatable bonds is 10. The Hall–Kier alpha value is -1.92. The van der Waals surface area contributed by atoms with Crippen molar-refractivity contribution in [2.75, 3.05) is 32.9 Å². The van der Waals surface area contributed by atoms with Gasteiger partial charge in [-0.25, -0.2) is 0 Å².